The highest BCUT2D eigenvalue weighted by atomic mass is 16.4. The molecule has 1 aromatic heterocycles. The van der Waals surface area contributed by atoms with Crippen LogP contribution in [0.4, 0.5) is 0 Å². The van der Waals surface area contributed by atoms with Crippen molar-refractivity contribution in [2.75, 3.05) is 27.2 Å². The van der Waals surface area contributed by atoms with E-state index in [0.29, 0.717) is 6.04 Å². The summed E-state index contributed by atoms with van der Waals surface area (Å²) in [6, 6.07) is 2.39. The number of rotatable bonds is 4. The number of nitrogen functional groups attached to an aromatic ring is 1. The van der Waals surface area contributed by atoms with E-state index in [0.717, 1.165) is 31.0 Å². The Morgan fingerprint density at radius 2 is 2.35 bits per heavy atom. The highest BCUT2D eigenvalue weighted by Crippen LogP contribution is 2.20. The van der Waals surface area contributed by atoms with Gasteiger partial charge in [-0.1, -0.05) is 0 Å². The van der Waals surface area contributed by atoms with Crippen LogP contribution in [0.3, 0.4) is 0 Å². The van der Waals surface area contributed by atoms with Crippen molar-refractivity contribution < 1.29 is 9.21 Å². The first-order chi connectivity index (χ1) is 9.51. The van der Waals surface area contributed by atoms with Crippen LogP contribution in [0.15, 0.2) is 10.5 Å². The Labute approximate surface area is 119 Å². The molecule has 0 radical (unpaired) electrons. The van der Waals surface area contributed by atoms with Gasteiger partial charge in [-0.05, 0) is 46.5 Å². The summed E-state index contributed by atoms with van der Waals surface area (Å²) in [5, 5.41) is 0. The number of hydrogen-bond donors (Lipinski definition) is 2. The van der Waals surface area contributed by atoms with Gasteiger partial charge in [-0.15, -0.1) is 0 Å². The maximum Gasteiger partial charge on any atom is 0.300 e. The third-order valence-electron chi connectivity index (χ3n) is 3.98. The third-order valence-corrected chi connectivity index (χ3v) is 3.98. The largest absolute Gasteiger partial charge is 0.456 e. The van der Waals surface area contributed by atoms with Gasteiger partial charge in [0.1, 0.15) is 5.76 Å². The molecule has 2 rings (SSSR count). The Kier molecular flexibility index (Phi) is 4.80. The van der Waals surface area contributed by atoms with Crippen LogP contribution in [0.25, 0.3) is 0 Å². The molecule has 6 nitrogen and oxygen atoms in total. The number of amides is 1. The fourth-order valence-corrected chi connectivity index (χ4v) is 2.70. The SMILES string of the molecule is Cc1oc(C(=O)NN)cc1CN1CCCC(N(C)C)C1. The van der Waals surface area contributed by atoms with E-state index in [1.54, 1.807) is 6.07 Å². The molecule has 2 heterocycles. The summed E-state index contributed by atoms with van der Waals surface area (Å²) in [6.45, 7) is 4.84. The van der Waals surface area contributed by atoms with Gasteiger partial charge in [-0.25, -0.2) is 5.84 Å². The number of likely N-dealkylation sites (tertiary alicyclic amines) is 1. The summed E-state index contributed by atoms with van der Waals surface area (Å²) in [5.74, 6) is 5.81. The molecule has 1 atom stereocenters. The molecule has 1 aliphatic heterocycles. The molecule has 0 saturated carbocycles. The molecule has 0 aromatic carbocycles. The van der Waals surface area contributed by atoms with E-state index in [2.05, 4.69) is 29.3 Å². The molecule has 1 amide bonds. The predicted molar refractivity (Wildman–Crippen MR) is 77.1 cm³/mol. The predicted octanol–water partition coefficient (Wildman–Crippen LogP) is 0.718. The quantitative estimate of drug-likeness (QED) is 0.483. The van der Waals surface area contributed by atoms with E-state index in [4.69, 9.17) is 10.3 Å². The van der Waals surface area contributed by atoms with Crippen molar-refractivity contribution in [3.8, 4) is 0 Å². The molecular weight excluding hydrogens is 256 g/mol. The number of nitrogens with two attached hydrogens (primary N) is 1. The average molecular weight is 280 g/mol. The Hall–Kier alpha value is -1.37. The topological polar surface area (TPSA) is 74.7 Å². The number of hydrazine groups is 1. The lowest BCUT2D eigenvalue weighted by Crippen LogP contribution is -2.44. The van der Waals surface area contributed by atoms with E-state index < -0.39 is 0 Å². The lowest BCUT2D eigenvalue weighted by atomic mass is 10.0. The van der Waals surface area contributed by atoms with Crippen LogP contribution < -0.4 is 11.3 Å². The number of nitrogens with one attached hydrogen (secondary N) is 1. The standard InChI is InChI=1S/C14H24N4O2/c1-10-11(7-13(20-10)14(19)16-15)8-18-6-4-5-12(9-18)17(2)3/h7,12H,4-6,8-9,15H2,1-3H3,(H,16,19). The van der Waals surface area contributed by atoms with Crippen LogP contribution in [-0.2, 0) is 6.54 Å². The second-order valence-electron chi connectivity index (χ2n) is 5.66. The number of hydrogen-bond acceptors (Lipinski definition) is 5. The molecule has 20 heavy (non-hydrogen) atoms. The first-order valence-corrected chi connectivity index (χ1v) is 7.00. The first-order valence-electron chi connectivity index (χ1n) is 7.00. The normalized spacial score (nSPS) is 20.4. The van der Waals surface area contributed by atoms with E-state index in [1.807, 2.05) is 6.92 Å². The highest BCUT2D eigenvalue weighted by Gasteiger charge is 2.23. The summed E-state index contributed by atoms with van der Waals surface area (Å²) < 4.78 is 5.45. The average Bonchev–Trinajstić information content (AvgIpc) is 2.79. The van der Waals surface area contributed by atoms with Gasteiger partial charge in [-0.3, -0.25) is 15.1 Å². The van der Waals surface area contributed by atoms with Crippen molar-refractivity contribution in [1.29, 1.82) is 0 Å². The van der Waals surface area contributed by atoms with Crippen molar-refractivity contribution in [3.05, 3.63) is 23.2 Å². The van der Waals surface area contributed by atoms with E-state index >= 15 is 0 Å². The highest BCUT2D eigenvalue weighted by molar-refractivity contribution is 5.91. The first kappa shape index (κ1) is 15.0. The smallest absolute Gasteiger partial charge is 0.300 e. The van der Waals surface area contributed by atoms with Gasteiger partial charge in [0.05, 0.1) is 0 Å². The van der Waals surface area contributed by atoms with Gasteiger partial charge in [0.15, 0.2) is 5.76 Å². The minimum atomic E-state index is -0.385. The van der Waals surface area contributed by atoms with Gasteiger partial charge in [-0.2, -0.15) is 0 Å². The summed E-state index contributed by atoms with van der Waals surface area (Å²) in [6.07, 6.45) is 2.45. The Bertz CT molecular complexity index is 470. The van der Waals surface area contributed by atoms with Gasteiger partial charge in [0.2, 0.25) is 0 Å². The molecule has 6 heteroatoms. The molecule has 1 aliphatic rings. The second kappa shape index (κ2) is 6.39. The van der Waals surface area contributed by atoms with E-state index in [9.17, 15) is 4.79 Å². The van der Waals surface area contributed by atoms with Crippen LogP contribution in [0.2, 0.25) is 0 Å². The van der Waals surface area contributed by atoms with Gasteiger partial charge in [0.25, 0.3) is 0 Å². The van der Waals surface area contributed by atoms with Gasteiger partial charge >= 0.3 is 5.91 Å². The minimum absolute atomic E-state index is 0.279. The second-order valence-corrected chi connectivity index (χ2v) is 5.66. The molecule has 1 saturated heterocycles. The summed E-state index contributed by atoms with van der Waals surface area (Å²) in [4.78, 5) is 16.2. The van der Waals surface area contributed by atoms with Crippen LogP contribution in [-0.4, -0.2) is 48.9 Å². The number of carbonyl (C=O) groups excluding carboxylic acids is 1. The van der Waals surface area contributed by atoms with Crippen molar-refractivity contribution in [2.24, 2.45) is 5.84 Å². The number of nitrogens with zero attached hydrogens (tertiary/aromatic N) is 2. The summed E-state index contributed by atoms with van der Waals surface area (Å²) >= 11 is 0. The molecule has 1 unspecified atom stereocenters. The Morgan fingerprint density at radius 1 is 1.60 bits per heavy atom. The van der Waals surface area contributed by atoms with Crippen LogP contribution in [0.5, 0.6) is 0 Å². The summed E-state index contributed by atoms with van der Waals surface area (Å²) in [5.41, 5.74) is 3.15. The molecule has 0 aliphatic carbocycles. The molecule has 112 valence electrons. The van der Waals surface area contributed by atoms with Gasteiger partial charge < -0.3 is 9.32 Å². The number of piperidine rings is 1. The molecule has 0 spiro atoms. The third kappa shape index (κ3) is 3.39. The minimum Gasteiger partial charge on any atom is -0.456 e. The van der Waals surface area contributed by atoms with Crippen molar-refractivity contribution >= 4 is 5.91 Å². The maximum atomic E-state index is 11.5. The molecule has 0 bridgehead atoms. The lowest BCUT2D eigenvalue weighted by Gasteiger charge is -2.36. The Balaban J connectivity index is 2.02. The molecule has 3 N–H and O–H groups in total. The summed E-state index contributed by atoms with van der Waals surface area (Å²) in [7, 11) is 4.25. The van der Waals surface area contributed by atoms with Crippen LogP contribution in [0, 0.1) is 6.92 Å². The zero-order valence-electron chi connectivity index (χ0n) is 12.5. The maximum absolute atomic E-state index is 11.5. The Morgan fingerprint density at radius 3 is 3.00 bits per heavy atom. The number of furan rings is 1. The van der Waals surface area contributed by atoms with Crippen LogP contribution in [0.1, 0.15) is 34.7 Å². The van der Waals surface area contributed by atoms with Gasteiger partial charge in [0, 0.05) is 24.7 Å². The zero-order chi connectivity index (χ0) is 14.7. The lowest BCUT2D eigenvalue weighted by molar-refractivity contribution is 0.0924. The van der Waals surface area contributed by atoms with Crippen molar-refractivity contribution in [2.45, 2.75) is 32.4 Å². The van der Waals surface area contributed by atoms with Crippen molar-refractivity contribution in [3.63, 3.8) is 0 Å². The molecule has 1 aromatic rings. The van der Waals surface area contributed by atoms with Crippen molar-refractivity contribution in [1.82, 2.24) is 15.2 Å². The van der Waals surface area contributed by atoms with E-state index in [1.165, 1.54) is 12.8 Å². The number of likely N-dealkylation sites (N-methyl/N-ethyl adjacent to an activating group) is 1. The van der Waals surface area contributed by atoms with E-state index in [-0.39, 0.29) is 11.7 Å². The zero-order valence-corrected chi connectivity index (χ0v) is 12.5. The monoisotopic (exact) mass is 280 g/mol. The molecular formula is C14H24N4O2. The van der Waals surface area contributed by atoms with Crippen LogP contribution >= 0.6 is 0 Å². The fourth-order valence-electron chi connectivity index (χ4n) is 2.70. The number of aryl methyl sites for hydroxylation is 1. The number of carbonyl (C=O) groups is 1. The fraction of sp³-hybridized carbons (Fsp3) is 0.643. The molecule has 1 fully saturated rings.